The van der Waals surface area contributed by atoms with Gasteiger partial charge in [0.15, 0.2) is 11.7 Å². The zero-order chi connectivity index (χ0) is 19.8. The van der Waals surface area contributed by atoms with Gasteiger partial charge in [0, 0.05) is 28.9 Å². The van der Waals surface area contributed by atoms with E-state index < -0.39 is 0 Å². The number of anilines is 2. The maximum Gasteiger partial charge on any atom is 0.264 e. The fourth-order valence-corrected chi connectivity index (χ4v) is 3.00. The third-order valence-corrected chi connectivity index (χ3v) is 5.10. The lowest BCUT2D eigenvalue weighted by Crippen LogP contribution is -2.37. The first-order valence-electron chi connectivity index (χ1n) is 8.77. The highest BCUT2D eigenvalue weighted by Crippen LogP contribution is 2.21. The van der Waals surface area contributed by atoms with Gasteiger partial charge >= 0.3 is 0 Å². The molecular formula is C20H24BrN3O2S. The number of amides is 1. The number of carbonyl (C=O) groups excluding carboxylic acids is 1. The van der Waals surface area contributed by atoms with E-state index in [0.29, 0.717) is 5.75 Å². The Labute approximate surface area is 174 Å². The van der Waals surface area contributed by atoms with Crippen LogP contribution in [0.25, 0.3) is 0 Å². The molecule has 0 radical (unpaired) electrons. The summed E-state index contributed by atoms with van der Waals surface area (Å²) in [6.07, 6.45) is 0. The van der Waals surface area contributed by atoms with Gasteiger partial charge in [-0.05, 0) is 81.0 Å². The number of halogens is 1. The van der Waals surface area contributed by atoms with E-state index >= 15 is 0 Å². The summed E-state index contributed by atoms with van der Waals surface area (Å²) in [6.45, 7) is 8.01. The molecule has 0 aliphatic carbocycles. The minimum atomic E-state index is -0.312. The van der Waals surface area contributed by atoms with Crippen LogP contribution in [-0.4, -0.2) is 30.7 Å². The zero-order valence-electron chi connectivity index (χ0n) is 15.7. The number of benzene rings is 2. The van der Waals surface area contributed by atoms with Gasteiger partial charge in [-0.3, -0.25) is 10.1 Å². The Balaban J connectivity index is 1.82. The summed E-state index contributed by atoms with van der Waals surface area (Å²) >= 11 is 8.63. The normalized spacial score (nSPS) is 10.2. The molecule has 0 spiro atoms. The second-order valence-corrected chi connectivity index (χ2v) is 7.18. The average molecular weight is 450 g/mol. The zero-order valence-corrected chi connectivity index (χ0v) is 18.1. The minimum Gasteiger partial charge on any atom is -0.484 e. The summed E-state index contributed by atoms with van der Waals surface area (Å²) < 4.78 is 6.49. The molecule has 1 amide bonds. The number of nitrogens with one attached hydrogen (secondary N) is 2. The second-order valence-electron chi connectivity index (χ2n) is 5.92. The van der Waals surface area contributed by atoms with Crippen LogP contribution in [0, 0.1) is 6.92 Å². The van der Waals surface area contributed by atoms with Crippen molar-refractivity contribution in [1.29, 1.82) is 0 Å². The van der Waals surface area contributed by atoms with Gasteiger partial charge in [0.1, 0.15) is 5.75 Å². The first-order valence-corrected chi connectivity index (χ1v) is 9.97. The Morgan fingerprint density at radius 1 is 1.15 bits per heavy atom. The first kappa shape index (κ1) is 21.2. The third kappa shape index (κ3) is 6.52. The largest absolute Gasteiger partial charge is 0.484 e. The molecule has 0 fully saturated rings. The highest BCUT2D eigenvalue weighted by molar-refractivity contribution is 9.10. The summed E-state index contributed by atoms with van der Waals surface area (Å²) in [4.78, 5) is 14.3. The number of thiocarbonyl (C=S) groups is 1. The quantitative estimate of drug-likeness (QED) is 0.609. The van der Waals surface area contributed by atoms with Crippen molar-refractivity contribution >= 4 is 50.5 Å². The van der Waals surface area contributed by atoms with Crippen molar-refractivity contribution in [3.05, 3.63) is 52.5 Å². The topological polar surface area (TPSA) is 53.6 Å². The van der Waals surface area contributed by atoms with Crippen LogP contribution in [0.15, 0.2) is 46.9 Å². The van der Waals surface area contributed by atoms with E-state index in [1.54, 1.807) is 6.07 Å². The van der Waals surface area contributed by atoms with Crippen LogP contribution in [0.5, 0.6) is 5.75 Å². The monoisotopic (exact) mass is 449 g/mol. The number of aryl methyl sites for hydroxylation is 1. The van der Waals surface area contributed by atoms with Crippen molar-refractivity contribution in [1.82, 2.24) is 5.32 Å². The van der Waals surface area contributed by atoms with E-state index in [4.69, 9.17) is 17.0 Å². The molecule has 2 aromatic rings. The summed E-state index contributed by atoms with van der Waals surface area (Å²) in [7, 11) is 0. The van der Waals surface area contributed by atoms with E-state index in [9.17, 15) is 4.79 Å². The van der Waals surface area contributed by atoms with Crippen molar-refractivity contribution in [2.24, 2.45) is 0 Å². The lowest BCUT2D eigenvalue weighted by molar-refractivity contribution is -0.121. The molecule has 144 valence electrons. The molecule has 27 heavy (non-hydrogen) atoms. The fraction of sp³-hybridized carbons (Fsp3) is 0.300. The van der Waals surface area contributed by atoms with Crippen molar-refractivity contribution < 1.29 is 9.53 Å². The van der Waals surface area contributed by atoms with E-state index in [1.165, 1.54) is 0 Å². The number of nitrogens with zero attached hydrogens (tertiary/aromatic N) is 1. The van der Waals surface area contributed by atoms with E-state index in [2.05, 4.69) is 45.3 Å². The molecule has 0 atom stereocenters. The number of hydrogen-bond acceptors (Lipinski definition) is 4. The van der Waals surface area contributed by atoms with Gasteiger partial charge in [-0.1, -0.05) is 15.9 Å². The van der Waals surface area contributed by atoms with Gasteiger partial charge in [0.25, 0.3) is 5.91 Å². The van der Waals surface area contributed by atoms with Crippen molar-refractivity contribution in [3.63, 3.8) is 0 Å². The molecule has 0 unspecified atom stereocenters. The summed E-state index contributed by atoms with van der Waals surface area (Å²) in [5.41, 5.74) is 3.01. The fourth-order valence-electron chi connectivity index (χ4n) is 2.53. The van der Waals surface area contributed by atoms with Gasteiger partial charge in [0.05, 0.1) is 0 Å². The third-order valence-electron chi connectivity index (χ3n) is 4.01. The molecule has 0 aliphatic rings. The van der Waals surface area contributed by atoms with Gasteiger partial charge < -0.3 is 15.0 Å². The number of rotatable bonds is 7. The van der Waals surface area contributed by atoms with Crippen LogP contribution < -0.4 is 20.3 Å². The summed E-state index contributed by atoms with van der Waals surface area (Å²) in [5, 5.41) is 5.87. The van der Waals surface area contributed by atoms with Crippen LogP contribution in [0.4, 0.5) is 11.4 Å². The Kier molecular flexibility index (Phi) is 8.06. The van der Waals surface area contributed by atoms with Crippen LogP contribution in [-0.2, 0) is 4.79 Å². The highest BCUT2D eigenvalue weighted by Gasteiger charge is 2.08. The Bertz CT molecular complexity index is 792. The average Bonchev–Trinajstić information content (AvgIpc) is 2.65. The Morgan fingerprint density at radius 3 is 2.41 bits per heavy atom. The number of ether oxygens (including phenoxy) is 1. The smallest absolute Gasteiger partial charge is 0.264 e. The van der Waals surface area contributed by atoms with Gasteiger partial charge in [-0.25, -0.2) is 0 Å². The van der Waals surface area contributed by atoms with Crippen LogP contribution >= 0.6 is 28.1 Å². The van der Waals surface area contributed by atoms with Crippen molar-refractivity contribution in [2.45, 2.75) is 20.8 Å². The second kappa shape index (κ2) is 10.3. The molecule has 7 heteroatoms. The predicted molar refractivity (Wildman–Crippen MR) is 119 cm³/mol. The molecule has 0 saturated carbocycles. The maximum absolute atomic E-state index is 12.0. The standard InChI is InChI=1S/C20H24BrN3O2S/c1-4-24(5-2)16-8-6-15(7-9-16)22-20(27)23-19(25)13-26-17-10-11-18(21)14(3)12-17/h6-12H,4-5,13H2,1-3H3,(H2,22,23,25,27). The highest BCUT2D eigenvalue weighted by atomic mass is 79.9. The van der Waals surface area contributed by atoms with Gasteiger partial charge in [-0.15, -0.1) is 0 Å². The number of hydrogen-bond donors (Lipinski definition) is 2. The lowest BCUT2D eigenvalue weighted by atomic mass is 10.2. The van der Waals surface area contributed by atoms with Crippen LogP contribution in [0.1, 0.15) is 19.4 Å². The van der Waals surface area contributed by atoms with Gasteiger partial charge in [0.2, 0.25) is 0 Å². The molecule has 2 N–H and O–H groups in total. The molecule has 2 aromatic carbocycles. The van der Waals surface area contributed by atoms with E-state index in [-0.39, 0.29) is 17.6 Å². The van der Waals surface area contributed by atoms with E-state index in [1.807, 2.05) is 43.3 Å². The Morgan fingerprint density at radius 2 is 1.81 bits per heavy atom. The predicted octanol–water partition coefficient (Wildman–Crippen LogP) is 4.50. The molecular weight excluding hydrogens is 426 g/mol. The minimum absolute atomic E-state index is 0.107. The molecule has 5 nitrogen and oxygen atoms in total. The van der Waals surface area contributed by atoms with Crippen LogP contribution in [0.3, 0.4) is 0 Å². The first-order chi connectivity index (χ1) is 12.9. The Hall–Kier alpha value is -2.12. The molecule has 2 rings (SSSR count). The van der Waals surface area contributed by atoms with Crippen molar-refractivity contribution in [2.75, 3.05) is 29.9 Å². The number of carbonyl (C=O) groups is 1. The lowest BCUT2D eigenvalue weighted by Gasteiger charge is -2.21. The van der Waals surface area contributed by atoms with Crippen LogP contribution in [0.2, 0.25) is 0 Å². The summed E-state index contributed by atoms with van der Waals surface area (Å²) in [6, 6.07) is 13.5. The molecule has 0 aromatic heterocycles. The summed E-state index contributed by atoms with van der Waals surface area (Å²) in [5.74, 6) is 0.324. The van der Waals surface area contributed by atoms with Gasteiger partial charge in [-0.2, -0.15) is 0 Å². The maximum atomic E-state index is 12.0. The molecule has 0 heterocycles. The van der Waals surface area contributed by atoms with Crippen molar-refractivity contribution in [3.8, 4) is 5.75 Å². The molecule has 0 aliphatic heterocycles. The SMILES string of the molecule is CCN(CC)c1ccc(NC(=S)NC(=O)COc2ccc(Br)c(C)c2)cc1. The molecule has 0 saturated heterocycles. The molecule has 0 bridgehead atoms. The van der Waals surface area contributed by atoms with E-state index in [0.717, 1.165) is 34.5 Å².